The fourth-order valence-corrected chi connectivity index (χ4v) is 2.79. The van der Waals surface area contributed by atoms with Gasteiger partial charge in [-0.1, -0.05) is 24.3 Å². The summed E-state index contributed by atoms with van der Waals surface area (Å²) >= 11 is 1.32. The van der Waals surface area contributed by atoms with Gasteiger partial charge in [0.25, 0.3) is 0 Å². The van der Waals surface area contributed by atoms with E-state index in [-0.39, 0.29) is 12.3 Å². The monoisotopic (exact) mass is 303 g/mol. The molecular formula is C16H17NO3S. The zero-order valence-electron chi connectivity index (χ0n) is 11.9. The van der Waals surface area contributed by atoms with Crippen molar-refractivity contribution in [3.05, 3.63) is 57.3 Å². The molecule has 1 unspecified atom stereocenters. The zero-order chi connectivity index (χ0) is 15.4. The van der Waals surface area contributed by atoms with E-state index in [1.54, 1.807) is 17.5 Å². The lowest BCUT2D eigenvalue weighted by Crippen LogP contribution is -2.34. The van der Waals surface area contributed by atoms with E-state index in [9.17, 15) is 14.7 Å². The molecule has 0 fully saturated rings. The Morgan fingerprint density at radius 1 is 1.24 bits per heavy atom. The molecule has 0 saturated carbocycles. The van der Waals surface area contributed by atoms with Crippen LogP contribution >= 0.6 is 11.3 Å². The SMILES string of the molecule is Cc1ccc(CC(=O)NC(C(=O)O)c2cccs2)cc1C. The molecule has 1 atom stereocenters. The first-order chi connectivity index (χ1) is 9.97. The molecule has 0 saturated heterocycles. The van der Waals surface area contributed by atoms with Crippen LogP contribution in [0.2, 0.25) is 0 Å². The van der Waals surface area contributed by atoms with Crippen molar-refractivity contribution in [1.82, 2.24) is 5.32 Å². The van der Waals surface area contributed by atoms with Gasteiger partial charge in [-0.3, -0.25) is 4.79 Å². The summed E-state index contributed by atoms with van der Waals surface area (Å²) in [5, 5.41) is 13.6. The number of hydrogen-bond donors (Lipinski definition) is 2. The predicted octanol–water partition coefficient (Wildman–Crippen LogP) is 2.85. The van der Waals surface area contributed by atoms with Crippen molar-refractivity contribution in [3.8, 4) is 0 Å². The van der Waals surface area contributed by atoms with Crippen LogP contribution in [-0.4, -0.2) is 17.0 Å². The molecule has 2 aromatic rings. The topological polar surface area (TPSA) is 66.4 Å². The molecule has 110 valence electrons. The molecule has 21 heavy (non-hydrogen) atoms. The minimum Gasteiger partial charge on any atom is -0.479 e. The first-order valence-corrected chi connectivity index (χ1v) is 7.47. The molecule has 0 radical (unpaired) electrons. The normalized spacial score (nSPS) is 11.9. The summed E-state index contributed by atoms with van der Waals surface area (Å²) in [5.41, 5.74) is 3.17. The van der Waals surface area contributed by atoms with Gasteiger partial charge in [-0.15, -0.1) is 11.3 Å². The van der Waals surface area contributed by atoms with Crippen LogP contribution in [0.4, 0.5) is 0 Å². The van der Waals surface area contributed by atoms with Gasteiger partial charge in [-0.25, -0.2) is 4.79 Å². The lowest BCUT2D eigenvalue weighted by molar-refractivity contribution is -0.141. The molecule has 2 rings (SSSR count). The zero-order valence-corrected chi connectivity index (χ0v) is 12.7. The number of hydrogen-bond acceptors (Lipinski definition) is 3. The Kier molecular flexibility index (Phi) is 4.75. The Hall–Kier alpha value is -2.14. The predicted molar refractivity (Wildman–Crippen MR) is 82.5 cm³/mol. The van der Waals surface area contributed by atoms with E-state index in [0.29, 0.717) is 4.88 Å². The van der Waals surface area contributed by atoms with Crippen LogP contribution in [0.1, 0.15) is 27.6 Å². The summed E-state index contributed by atoms with van der Waals surface area (Å²) < 4.78 is 0. The number of benzene rings is 1. The molecule has 1 aromatic heterocycles. The summed E-state index contributed by atoms with van der Waals surface area (Å²) in [6.45, 7) is 4.00. The Bertz CT molecular complexity index is 650. The van der Waals surface area contributed by atoms with E-state index in [0.717, 1.165) is 11.1 Å². The summed E-state index contributed by atoms with van der Waals surface area (Å²) in [6, 6.07) is 8.31. The minimum absolute atomic E-state index is 0.177. The highest BCUT2D eigenvalue weighted by Gasteiger charge is 2.22. The van der Waals surface area contributed by atoms with Crippen molar-refractivity contribution in [2.24, 2.45) is 0 Å². The van der Waals surface area contributed by atoms with Crippen LogP contribution in [0.25, 0.3) is 0 Å². The first-order valence-electron chi connectivity index (χ1n) is 6.59. The number of aliphatic carboxylic acids is 1. The second-order valence-corrected chi connectivity index (χ2v) is 5.93. The summed E-state index contributed by atoms with van der Waals surface area (Å²) in [7, 11) is 0. The number of carboxylic acids is 1. The number of thiophene rings is 1. The molecule has 5 heteroatoms. The molecule has 0 aliphatic carbocycles. The van der Waals surface area contributed by atoms with Gasteiger partial charge in [0, 0.05) is 4.88 Å². The van der Waals surface area contributed by atoms with Gasteiger partial charge in [0.1, 0.15) is 0 Å². The lowest BCUT2D eigenvalue weighted by atomic mass is 10.0. The average molecular weight is 303 g/mol. The van der Waals surface area contributed by atoms with Crippen LogP contribution in [0.15, 0.2) is 35.7 Å². The number of carbonyl (C=O) groups is 2. The van der Waals surface area contributed by atoms with Crippen LogP contribution in [0.5, 0.6) is 0 Å². The second kappa shape index (κ2) is 6.54. The maximum Gasteiger partial charge on any atom is 0.331 e. The highest BCUT2D eigenvalue weighted by atomic mass is 32.1. The van der Waals surface area contributed by atoms with Gasteiger partial charge < -0.3 is 10.4 Å². The van der Waals surface area contributed by atoms with Gasteiger partial charge in [0.2, 0.25) is 5.91 Å². The standard InChI is InChI=1S/C16H17NO3S/c1-10-5-6-12(8-11(10)2)9-14(18)17-15(16(19)20)13-4-3-7-21-13/h3-8,15H,9H2,1-2H3,(H,17,18)(H,19,20). The largest absolute Gasteiger partial charge is 0.479 e. The Morgan fingerprint density at radius 2 is 2.00 bits per heavy atom. The van der Waals surface area contributed by atoms with Crippen molar-refractivity contribution < 1.29 is 14.7 Å². The van der Waals surface area contributed by atoms with E-state index >= 15 is 0 Å². The molecule has 0 spiro atoms. The minimum atomic E-state index is -1.05. The number of nitrogens with one attached hydrogen (secondary N) is 1. The van der Waals surface area contributed by atoms with Crippen LogP contribution < -0.4 is 5.32 Å². The third kappa shape index (κ3) is 3.92. The van der Waals surface area contributed by atoms with E-state index in [4.69, 9.17) is 0 Å². The molecule has 0 aliphatic heterocycles. The number of aryl methyl sites for hydroxylation is 2. The van der Waals surface area contributed by atoms with Crippen molar-refractivity contribution in [2.45, 2.75) is 26.3 Å². The number of carbonyl (C=O) groups excluding carboxylic acids is 1. The molecule has 2 N–H and O–H groups in total. The maximum atomic E-state index is 12.0. The summed E-state index contributed by atoms with van der Waals surface area (Å²) in [5.74, 6) is -1.34. The first kappa shape index (κ1) is 15.3. The van der Waals surface area contributed by atoms with Crippen molar-refractivity contribution in [1.29, 1.82) is 0 Å². The lowest BCUT2D eigenvalue weighted by Gasteiger charge is -2.13. The van der Waals surface area contributed by atoms with Crippen LogP contribution in [-0.2, 0) is 16.0 Å². The number of rotatable bonds is 5. The molecule has 0 bridgehead atoms. The van der Waals surface area contributed by atoms with Gasteiger partial charge >= 0.3 is 5.97 Å². The highest BCUT2D eigenvalue weighted by molar-refractivity contribution is 7.10. The van der Waals surface area contributed by atoms with E-state index in [1.165, 1.54) is 16.9 Å². The molecule has 4 nitrogen and oxygen atoms in total. The summed E-state index contributed by atoms with van der Waals surface area (Å²) in [6.07, 6.45) is 0.177. The van der Waals surface area contributed by atoms with E-state index in [2.05, 4.69) is 5.32 Å². The number of amides is 1. The van der Waals surface area contributed by atoms with Crippen LogP contribution in [0, 0.1) is 13.8 Å². The fraction of sp³-hybridized carbons (Fsp3) is 0.250. The van der Waals surface area contributed by atoms with E-state index < -0.39 is 12.0 Å². The second-order valence-electron chi connectivity index (χ2n) is 4.95. The third-order valence-electron chi connectivity index (χ3n) is 3.32. The van der Waals surface area contributed by atoms with Gasteiger partial charge in [-0.2, -0.15) is 0 Å². The van der Waals surface area contributed by atoms with Gasteiger partial charge in [0.15, 0.2) is 6.04 Å². The van der Waals surface area contributed by atoms with Crippen molar-refractivity contribution in [3.63, 3.8) is 0 Å². The molecular weight excluding hydrogens is 286 g/mol. The van der Waals surface area contributed by atoms with Crippen molar-refractivity contribution in [2.75, 3.05) is 0 Å². The van der Waals surface area contributed by atoms with Crippen LogP contribution in [0.3, 0.4) is 0 Å². The average Bonchev–Trinajstić information content (AvgIpc) is 2.93. The summed E-state index contributed by atoms with van der Waals surface area (Å²) in [4.78, 5) is 23.9. The Morgan fingerprint density at radius 3 is 2.57 bits per heavy atom. The number of carboxylic acid groups (broad SMARTS) is 1. The highest BCUT2D eigenvalue weighted by Crippen LogP contribution is 2.19. The Labute approximate surface area is 127 Å². The third-order valence-corrected chi connectivity index (χ3v) is 4.25. The fourth-order valence-electron chi connectivity index (χ4n) is 2.02. The van der Waals surface area contributed by atoms with Crippen molar-refractivity contribution >= 4 is 23.2 Å². The Balaban J connectivity index is 2.06. The van der Waals surface area contributed by atoms with E-state index in [1.807, 2.05) is 32.0 Å². The quantitative estimate of drug-likeness (QED) is 0.892. The van der Waals surface area contributed by atoms with Gasteiger partial charge in [-0.05, 0) is 42.0 Å². The molecule has 1 aromatic carbocycles. The molecule has 1 amide bonds. The van der Waals surface area contributed by atoms with Gasteiger partial charge in [0.05, 0.1) is 6.42 Å². The smallest absolute Gasteiger partial charge is 0.331 e. The maximum absolute atomic E-state index is 12.0. The molecule has 0 aliphatic rings. The molecule has 1 heterocycles.